The summed E-state index contributed by atoms with van der Waals surface area (Å²) in [5.74, 6) is 1.01. The number of esters is 2. The fourth-order valence-electron chi connectivity index (χ4n) is 8.63. The SMILES string of the molecule is CCCCCCCCC(CCCCCC)COC(=O)CCCCCN(CCCCCC(=O)OCC(CCCCCC)CCCCCCCC)CCN(C)C1CC(O)C1. The quantitative estimate of drug-likeness (QED) is 0.0484. The zero-order chi connectivity index (χ0) is 42.3. The summed E-state index contributed by atoms with van der Waals surface area (Å²) in [6.07, 6.45) is 39.5. The maximum atomic E-state index is 12.7. The molecule has 2 unspecified atom stereocenters. The summed E-state index contributed by atoms with van der Waals surface area (Å²) in [5.41, 5.74) is 0. The number of aliphatic hydroxyl groups is 1. The zero-order valence-electron chi connectivity index (χ0n) is 39.6. The Morgan fingerprint density at radius 3 is 1.21 bits per heavy atom. The highest BCUT2D eigenvalue weighted by Gasteiger charge is 2.30. The highest BCUT2D eigenvalue weighted by molar-refractivity contribution is 5.69. The molecule has 0 aromatic heterocycles. The van der Waals surface area contributed by atoms with Crippen LogP contribution in [0.15, 0.2) is 0 Å². The summed E-state index contributed by atoms with van der Waals surface area (Å²) in [4.78, 5) is 30.5. The van der Waals surface area contributed by atoms with Crippen molar-refractivity contribution in [3.63, 3.8) is 0 Å². The average Bonchev–Trinajstić information content (AvgIpc) is 3.21. The fourth-order valence-corrected chi connectivity index (χ4v) is 8.63. The molecule has 0 saturated heterocycles. The summed E-state index contributed by atoms with van der Waals surface area (Å²) in [6.45, 7) is 14.4. The molecule has 0 spiro atoms. The minimum atomic E-state index is -0.129. The molecular formula is C51H100N2O5. The van der Waals surface area contributed by atoms with Gasteiger partial charge in [0.1, 0.15) is 0 Å². The lowest BCUT2D eigenvalue weighted by molar-refractivity contribution is -0.146. The molecule has 2 atom stereocenters. The van der Waals surface area contributed by atoms with Crippen LogP contribution in [0.25, 0.3) is 0 Å². The molecule has 0 aromatic carbocycles. The predicted octanol–water partition coefficient (Wildman–Crippen LogP) is 13.6. The van der Waals surface area contributed by atoms with Crippen molar-refractivity contribution in [1.29, 1.82) is 0 Å². The number of hydrogen-bond acceptors (Lipinski definition) is 7. The monoisotopic (exact) mass is 821 g/mol. The molecule has 1 aliphatic rings. The van der Waals surface area contributed by atoms with Crippen molar-refractivity contribution < 1.29 is 24.2 Å². The summed E-state index contributed by atoms with van der Waals surface area (Å²) < 4.78 is 11.7. The van der Waals surface area contributed by atoms with E-state index >= 15 is 0 Å². The molecule has 1 saturated carbocycles. The van der Waals surface area contributed by atoms with Gasteiger partial charge in [-0.1, -0.05) is 169 Å². The number of carbonyl (C=O) groups is 2. The first-order valence-electron chi connectivity index (χ1n) is 25.7. The number of rotatable bonds is 44. The molecule has 1 fully saturated rings. The van der Waals surface area contributed by atoms with Gasteiger partial charge in [0.25, 0.3) is 0 Å². The Balaban J connectivity index is 2.42. The normalized spacial score (nSPS) is 16.5. The molecule has 0 heterocycles. The standard InChI is InChI=1S/C51H100N2O5/c1-6-10-14-18-20-26-34-46(32-24-16-12-8-3)44-57-50(55)36-28-22-30-38-53(41-40-52(5)48-42-49(54)43-48)39-31-23-29-37-51(56)58-45-47(33-25-17-13-9-4)35-27-21-19-15-11-7-2/h46-49,54H,6-45H2,1-5H3. The van der Waals surface area contributed by atoms with Crippen LogP contribution in [0.5, 0.6) is 0 Å². The Bertz CT molecular complexity index is 853. The van der Waals surface area contributed by atoms with E-state index in [0.29, 0.717) is 43.9 Å². The first-order valence-corrected chi connectivity index (χ1v) is 25.7. The molecule has 7 nitrogen and oxygen atoms in total. The van der Waals surface area contributed by atoms with E-state index in [1.807, 2.05) is 0 Å². The predicted molar refractivity (Wildman–Crippen MR) is 247 cm³/mol. The van der Waals surface area contributed by atoms with Crippen LogP contribution in [0.4, 0.5) is 0 Å². The summed E-state index contributed by atoms with van der Waals surface area (Å²) in [5, 5.41) is 9.81. The van der Waals surface area contributed by atoms with Crippen LogP contribution in [0.2, 0.25) is 0 Å². The molecular weight excluding hydrogens is 721 g/mol. The highest BCUT2D eigenvalue weighted by Crippen LogP contribution is 2.25. The van der Waals surface area contributed by atoms with E-state index in [-0.39, 0.29) is 18.0 Å². The topological polar surface area (TPSA) is 79.3 Å². The molecule has 0 radical (unpaired) electrons. The van der Waals surface area contributed by atoms with Crippen LogP contribution in [0, 0.1) is 11.8 Å². The van der Waals surface area contributed by atoms with E-state index in [9.17, 15) is 14.7 Å². The maximum absolute atomic E-state index is 12.7. The Hall–Kier alpha value is -1.18. The van der Waals surface area contributed by atoms with Crippen LogP contribution in [-0.4, -0.2) is 85.4 Å². The molecule has 1 aliphatic carbocycles. The fraction of sp³-hybridized carbons (Fsp3) is 0.961. The smallest absolute Gasteiger partial charge is 0.305 e. The van der Waals surface area contributed by atoms with E-state index in [4.69, 9.17) is 9.47 Å². The van der Waals surface area contributed by atoms with Gasteiger partial charge in [-0.3, -0.25) is 9.59 Å². The van der Waals surface area contributed by atoms with Crippen LogP contribution in [-0.2, 0) is 19.1 Å². The van der Waals surface area contributed by atoms with Gasteiger partial charge < -0.3 is 24.4 Å². The van der Waals surface area contributed by atoms with Gasteiger partial charge in [-0.15, -0.1) is 0 Å². The second kappa shape index (κ2) is 39.9. The van der Waals surface area contributed by atoms with E-state index in [1.54, 1.807) is 0 Å². The minimum Gasteiger partial charge on any atom is -0.465 e. The molecule has 344 valence electrons. The van der Waals surface area contributed by atoms with Crippen molar-refractivity contribution in [3.8, 4) is 0 Å². The van der Waals surface area contributed by atoms with E-state index in [0.717, 1.165) is 77.5 Å². The van der Waals surface area contributed by atoms with Crippen molar-refractivity contribution in [2.75, 3.05) is 46.4 Å². The lowest BCUT2D eigenvalue weighted by Crippen LogP contribution is -2.47. The first-order chi connectivity index (χ1) is 28.3. The number of hydrogen-bond donors (Lipinski definition) is 1. The largest absolute Gasteiger partial charge is 0.465 e. The number of nitrogens with zero attached hydrogens (tertiary/aromatic N) is 2. The summed E-state index contributed by atoms with van der Waals surface area (Å²) >= 11 is 0. The molecule has 0 aromatic rings. The van der Waals surface area contributed by atoms with Gasteiger partial charge in [-0.05, 0) is 96.2 Å². The van der Waals surface area contributed by atoms with Gasteiger partial charge in [-0.25, -0.2) is 0 Å². The number of aliphatic hydroxyl groups excluding tert-OH is 1. The number of likely N-dealkylation sites (N-methyl/N-ethyl adjacent to an activating group) is 1. The second-order valence-electron chi connectivity index (χ2n) is 18.6. The Labute approximate surface area is 361 Å². The number of carbonyl (C=O) groups excluding carboxylic acids is 2. The lowest BCUT2D eigenvalue weighted by atomic mass is 9.88. The van der Waals surface area contributed by atoms with Gasteiger partial charge >= 0.3 is 11.9 Å². The van der Waals surface area contributed by atoms with Gasteiger partial charge in [0.05, 0.1) is 19.3 Å². The van der Waals surface area contributed by atoms with Crippen LogP contribution < -0.4 is 0 Å². The highest BCUT2D eigenvalue weighted by atomic mass is 16.5. The van der Waals surface area contributed by atoms with Crippen molar-refractivity contribution in [1.82, 2.24) is 9.80 Å². The molecule has 0 amide bonds. The summed E-state index contributed by atoms with van der Waals surface area (Å²) in [6, 6.07) is 0.498. The van der Waals surface area contributed by atoms with Gasteiger partial charge in [-0.2, -0.15) is 0 Å². The van der Waals surface area contributed by atoms with E-state index < -0.39 is 0 Å². The van der Waals surface area contributed by atoms with E-state index in [2.05, 4.69) is 44.5 Å². The zero-order valence-corrected chi connectivity index (χ0v) is 39.6. The number of unbranched alkanes of at least 4 members (excludes halogenated alkanes) is 20. The van der Waals surface area contributed by atoms with Crippen molar-refractivity contribution in [3.05, 3.63) is 0 Å². The van der Waals surface area contributed by atoms with Gasteiger partial charge in [0.2, 0.25) is 0 Å². The van der Waals surface area contributed by atoms with Crippen LogP contribution in [0.3, 0.4) is 0 Å². The molecule has 58 heavy (non-hydrogen) atoms. The third-order valence-electron chi connectivity index (χ3n) is 13.0. The molecule has 1 N–H and O–H groups in total. The van der Waals surface area contributed by atoms with Crippen molar-refractivity contribution in [2.24, 2.45) is 11.8 Å². The summed E-state index contributed by atoms with van der Waals surface area (Å²) in [7, 11) is 2.19. The Morgan fingerprint density at radius 1 is 0.483 bits per heavy atom. The molecule has 0 aliphatic heterocycles. The third-order valence-corrected chi connectivity index (χ3v) is 13.0. The van der Waals surface area contributed by atoms with Gasteiger partial charge in [0.15, 0.2) is 0 Å². The third kappa shape index (κ3) is 32.6. The van der Waals surface area contributed by atoms with Crippen molar-refractivity contribution >= 4 is 11.9 Å². The van der Waals surface area contributed by atoms with Crippen molar-refractivity contribution in [2.45, 2.75) is 258 Å². The molecule has 1 rings (SSSR count). The first kappa shape index (κ1) is 54.8. The van der Waals surface area contributed by atoms with E-state index in [1.165, 1.54) is 154 Å². The second-order valence-corrected chi connectivity index (χ2v) is 18.6. The number of ether oxygens (including phenoxy) is 2. The Morgan fingerprint density at radius 2 is 0.828 bits per heavy atom. The Kier molecular flexibility index (Phi) is 37.7. The van der Waals surface area contributed by atoms with Gasteiger partial charge in [0, 0.05) is 32.0 Å². The lowest BCUT2D eigenvalue weighted by Gasteiger charge is -2.39. The minimum absolute atomic E-state index is 0.0125. The van der Waals surface area contributed by atoms with Crippen LogP contribution >= 0.6 is 0 Å². The van der Waals surface area contributed by atoms with Crippen LogP contribution in [0.1, 0.15) is 246 Å². The molecule has 7 heteroatoms. The molecule has 0 bridgehead atoms. The average molecular weight is 821 g/mol. The maximum Gasteiger partial charge on any atom is 0.305 e.